The summed E-state index contributed by atoms with van der Waals surface area (Å²) in [4.78, 5) is 25.2. The van der Waals surface area contributed by atoms with Gasteiger partial charge >= 0.3 is 0 Å². The van der Waals surface area contributed by atoms with Gasteiger partial charge < -0.3 is 0 Å². The summed E-state index contributed by atoms with van der Waals surface area (Å²) < 4.78 is 0. The number of hydrogen-bond donors (Lipinski definition) is 0. The molecule has 5 nitrogen and oxygen atoms in total. The predicted octanol–water partition coefficient (Wildman–Crippen LogP) is 2.38. The minimum atomic E-state index is -0.609. The minimum absolute atomic E-state index is 0.0328. The normalized spacial score (nSPS) is 43.3. The van der Waals surface area contributed by atoms with Crippen molar-refractivity contribution in [1.29, 1.82) is 5.26 Å². The van der Waals surface area contributed by atoms with Gasteiger partial charge in [-0.25, -0.2) is 5.01 Å². The standard InChI is InChI=1S/C17H23N3O2/c1-15(2)11-6-7-16(3)13(19-20(5)14(16)22)17(11,4)8-10(9-18)12(15)21/h10-11H,6-8H2,1-5H3/t10?,11-,16?,17-/m0/s1. The first-order valence-corrected chi connectivity index (χ1v) is 7.90. The molecule has 1 aliphatic heterocycles. The summed E-state index contributed by atoms with van der Waals surface area (Å²) in [6.45, 7) is 7.96. The lowest BCUT2D eigenvalue weighted by Gasteiger charge is -2.56. The highest BCUT2D eigenvalue weighted by molar-refractivity contribution is 6.15. The molecule has 2 fully saturated rings. The summed E-state index contributed by atoms with van der Waals surface area (Å²) in [6, 6.07) is 2.18. The molecule has 0 bridgehead atoms. The zero-order valence-electron chi connectivity index (χ0n) is 13.9. The third-order valence-corrected chi connectivity index (χ3v) is 6.39. The van der Waals surface area contributed by atoms with Crippen LogP contribution < -0.4 is 0 Å². The van der Waals surface area contributed by atoms with Gasteiger partial charge in [-0.05, 0) is 32.1 Å². The number of carbonyl (C=O) groups excluding carboxylic acids is 2. The van der Waals surface area contributed by atoms with Crippen molar-refractivity contribution in [2.45, 2.75) is 47.0 Å². The van der Waals surface area contributed by atoms with E-state index >= 15 is 0 Å². The number of Topliss-reactive ketones (excluding diaryl/α,β-unsaturated/α-hetero) is 1. The van der Waals surface area contributed by atoms with Crippen molar-refractivity contribution in [2.24, 2.45) is 33.2 Å². The monoisotopic (exact) mass is 301 g/mol. The van der Waals surface area contributed by atoms with Crippen molar-refractivity contribution in [3.63, 3.8) is 0 Å². The molecule has 0 aromatic heterocycles. The molecular formula is C17H23N3O2. The Kier molecular flexibility index (Phi) is 2.89. The first kappa shape index (κ1) is 15.2. The first-order valence-electron chi connectivity index (χ1n) is 7.90. The number of rotatable bonds is 0. The van der Waals surface area contributed by atoms with Crippen LogP contribution in [0, 0.1) is 39.4 Å². The van der Waals surface area contributed by atoms with Gasteiger partial charge in [0.1, 0.15) is 5.92 Å². The number of amides is 1. The van der Waals surface area contributed by atoms with Crippen molar-refractivity contribution in [3.8, 4) is 6.07 Å². The SMILES string of the molecule is CN1N=C2C(C)(CC[C@H]3C(C)(C)C(=O)C(C#N)C[C@]23C)C1=O. The van der Waals surface area contributed by atoms with Crippen LogP contribution in [0.5, 0.6) is 0 Å². The smallest absolute Gasteiger partial charge is 0.254 e. The lowest BCUT2D eigenvalue weighted by molar-refractivity contribution is -0.143. The summed E-state index contributed by atoms with van der Waals surface area (Å²) in [5, 5.41) is 15.4. The fourth-order valence-electron chi connectivity index (χ4n) is 5.29. The number of nitrogens with zero attached hydrogens (tertiary/aromatic N) is 3. The topological polar surface area (TPSA) is 73.5 Å². The van der Waals surface area contributed by atoms with E-state index in [-0.39, 0.29) is 23.0 Å². The summed E-state index contributed by atoms with van der Waals surface area (Å²) in [5.41, 5.74) is -0.618. The maximum Gasteiger partial charge on any atom is 0.254 e. The van der Waals surface area contributed by atoms with Crippen LogP contribution >= 0.6 is 0 Å². The second-order valence-corrected chi connectivity index (χ2v) is 8.09. The molecule has 2 unspecified atom stereocenters. The fraction of sp³-hybridized carbons (Fsp3) is 0.765. The second kappa shape index (κ2) is 4.18. The molecule has 3 rings (SSSR count). The Balaban J connectivity index is 2.16. The van der Waals surface area contributed by atoms with Gasteiger partial charge in [0.05, 0.1) is 17.2 Å². The lowest BCUT2D eigenvalue weighted by Crippen LogP contribution is -2.60. The Morgan fingerprint density at radius 1 is 1.27 bits per heavy atom. The molecule has 4 atom stereocenters. The van der Waals surface area contributed by atoms with Crippen LogP contribution in [0.15, 0.2) is 5.10 Å². The molecular weight excluding hydrogens is 278 g/mol. The van der Waals surface area contributed by atoms with E-state index < -0.39 is 16.7 Å². The van der Waals surface area contributed by atoms with Gasteiger partial charge in [0.25, 0.3) is 5.91 Å². The molecule has 0 aromatic carbocycles. The van der Waals surface area contributed by atoms with Crippen molar-refractivity contribution in [3.05, 3.63) is 0 Å². The van der Waals surface area contributed by atoms with Gasteiger partial charge in [-0.3, -0.25) is 9.59 Å². The van der Waals surface area contributed by atoms with Crippen molar-refractivity contribution < 1.29 is 9.59 Å². The molecule has 0 spiro atoms. The zero-order valence-corrected chi connectivity index (χ0v) is 13.9. The predicted molar refractivity (Wildman–Crippen MR) is 81.7 cm³/mol. The number of carbonyl (C=O) groups is 2. The molecule has 1 heterocycles. The van der Waals surface area contributed by atoms with Crippen molar-refractivity contribution >= 4 is 17.4 Å². The molecule has 118 valence electrons. The van der Waals surface area contributed by atoms with Crippen LogP contribution in [-0.2, 0) is 9.59 Å². The van der Waals surface area contributed by atoms with Crippen LogP contribution in [0.1, 0.15) is 47.0 Å². The maximum absolute atomic E-state index is 12.6. The van der Waals surface area contributed by atoms with E-state index in [4.69, 9.17) is 0 Å². The second-order valence-electron chi connectivity index (χ2n) is 8.09. The highest BCUT2D eigenvalue weighted by Gasteiger charge is 2.65. The van der Waals surface area contributed by atoms with Gasteiger partial charge in [0, 0.05) is 17.9 Å². The number of ketones is 1. The highest BCUT2D eigenvalue weighted by Crippen LogP contribution is 2.61. The number of hydrogen-bond acceptors (Lipinski definition) is 4. The largest absolute Gasteiger partial charge is 0.298 e. The summed E-state index contributed by atoms with van der Waals surface area (Å²) in [6.07, 6.45) is 2.03. The Morgan fingerprint density at radius 2 is 1.91 bits per heavy atom. The molecule has 3 aliphatic rings. The van der Waals surface area contributed by atoms with E-state index in [9.17, 15) is 14.9 Å². The zero-order chi connectivity index (χ0) is 16.5. The molecule has 1 amide bonds. The quantitative estimate of drug-likeness (QED) is 0.689. The van der Waals surface area contributed by atoms with E-state index in [1.165, 1.54) is 5.01 Å². The molecule has 5 heteroatoms. The molecule has 0 aromatic rings. The fourth-order valence-corrected chi connectivity index (χ4v) is 5.29. The Bertz CT molecular complexity index is 645. The number of nitriles is 1. The Hall–Kier alpha value is -1.70. The maximum atomic E-state index is 12.6. The van der Waals surface area contributed by atoms with Crippen LogP contribution in [0.3, 0.4) is 0 Å². The molecule has 0 saturated heterocycles. The third kappa shape index (κ3) is 1.56. The van der Waals surface area contributed by atoms with Crippen LogP contribution in [0.2, 0.25) is 0 Å². The Morgan fingerprint density at radius 3 is 2.50 bits per heavy atom. The molecule has 22 heavy (non-hydrogen) atoms. The molecule has 2 aliphatic carbocycles. The third-order valence-electron chi connectivity index (χ3n) is 6.39. The van der Waals surface area contributed by atoms with E-state index in [0.29, 0.717) is 6.42 Å². The molecule has 0 radical (unpaired) electrons. The van der Waals surface area contributed by atoms with E-state index in [0.717, 1.165) is 18.6 Å². The summed E-state index contributed by atoms with van der Waals surface area (Å²) in [7, 11) is 1.69. The number of hydrazone groups is 1. The van der Waals surface area contributed by atoms with E-state index in [2.05, 4.69) is 18.1 Å². The summed E-state index contributed by atoms with van der Waals surface area (Å²) >= 11 is 0. The molecule has 2 saturated carbocycles. The van der Waals surface area contributed by atoms with Gasteiger partial charge in [-0.2, -0.15) is 10.4 Å². The highest BCUT2D eigenvalue weighted by atomic mass is 16.2. The average Bonchev–Trinajstić information content (AvgIpc) is 2.68. The summed E-state index contributed by atoms with van der Waals surface area (Å²) in [5.74, 6) is -0.407. The lowest BCUT2D eigenvalue weighted by atomic mass is 9.45. The van der Waals surface area contributed by atoms with Crippen molar-refractivity contribution in [2.75, 3.05) is 7.05 Å². The van der Waals surface area contributed by atoms with Crippen LogP contribution in [-0.4, -0.2) is 29.5 Å². The van der Waals surface area contributed by atoms with Gasteiger partial charge in [-0.1, -0.05) is 20.8 Å². The molecule has 0 N–H and O–H groups in total. The first-order chi connectivity index (χ1) is 10.1. The van der Waals surface area contributed by atoms with E-state index in [1.807, 2.05) is 20.8 Å². The van der Waals surface area contributed by atoms with Gasteiger partial charge in [0.2, 0.25) is 0 Å². The van der Waals surface area contributed by atoms with E-state index in [1.54, 1.807) is 7.05 Å². The van der Waals surface area contributed by atoms with Crippen molar-refractivity contribution in [1.82, 2.24) is 5.01 Å². The van der Waals surface area contributed by atoms with Gasteiger partial charge in [-0.15, -0.1) is 0 Å². The number of fused-ring (bicyclic) bond motifs is 3. The average molecular weight is 301 g/mol. The Labute approximate surface area is 131 Å². The van der Waals surface area contributed by atoms with Crippen LogP contribution in [0.25, 0.3) is 0 Å². The van der Waals surface area contributed by atoms with Gasteiger partial charge in [0.15, 0.2) is 5.78 Å². The minimum Gasteiger partial charge on any atom is -0.298 e. The van der Waals surface area contributed by atoms with Crippen LogP contribution in [0.4, 0.5) is 0 Å².